The van der Waals surface area contributed by atoms with E-state index in [2.05, 4.69) is 21.4 Å². The third kappa shape index (κ3) is 4.54. The Morgan fingerprint density at radius 1 is 1.05 bits per heavy atom. The van der Waals surface area contributed by atoms with Crippen LogP contribution in [0.5, 0.6) is 5.75 Å². The zero-order valence-corrected chi connectivity index (χ0v) is 26.5. The number of nitrogens with one attached hydrogen (secondary N) is 1. The van der Waals surface area contributed by atoms with Gasteiger partial charge in [0.25, 0.3) is 5.91 Å². The van der Waals surface area contributed by atoms with E-state index in [0.29, 0.717) is 32.0 Å². The molecule has 2 atom stereocenters. The lowest BCUT2D eigenvalue weighted by Crippen LogP contribution is -2.63. The molecule has 44 heavy (non-hydrogen) atoms. The number of β-amino-alcohol motifs (C(OH)–C–C–N with tert-alkyl or cyclic N) is 1. The second kappa shape index (κ2) is 10.1. The molecule has 11 heteroatoms. The second-order valence-electron chi connectivity index (χ2n) is 13.7. The van der Waals surface area contributed by atoms with Gasteiger partial charge in [-0.2, -0.15) is 12.7 Å². The first-order valence-corrected chi connectivity index (χ1v) is 16.9. The normalized spacial score (nSPS) is 24.1. The molecule has 10 nitrogen and oxygen atoms in total. The zero-order valence-electron chi connectivity index (χ0n) is 25.7. The van der Waals surface area contributed by atoms with Crippen molar-refractivity contribution < 1.29 is 27.9 Å². The summed E-state index contributed by atoms with van der Waals surface area (Å²) in [5.74, 6) is 0.415. The number of ether oxygens (including phenoxy) is 1. The van der Waals surface area contributed by atoms with Gasteiger partial charge in [-0.05, 0) is 73.6 Å². The lowest BCUT2D eigenvalue weighted by Gasteiger charge is -2.45. The lowest BCUT2D eigenvalue weighted by molar-refractivity contribution is -0.158. The van der Waals surface area contributed by atoms with Crippen LogP contribution in [0.25, 0.3) is 22.2 Å². The molecular formula is C33H40N4O6S. The summed E-state index contributed by atoms with van der Waals surface area (Å²) in [6, 6.07) is 11.6. The van der Waals surface area contributed by atoms with Gasteiger partial charge in [0.15, 0.2) is 0 Å². The number of carbonyl (C=O) groups is 2. The topological polar surface area (TPSA) is 121 Å². The van der Waals surface area contributed by atoms with Crippen molar-refractivity contribution in [3.05, 3.63) is 53.1 Å². The van der Waals surface area contributed by atoms with Crippen LogP contribution in [-0.4, -0.2) is 79.0 Å². The largest absolute Gasteiger partial charge is 0.497 e. The summed E-state index contributed by atoms with van der Waals surface area (Å²) in [6.45, 7) is 2.81. The Labute approximate surface area is 258 Å². The number of nitrogens with zero attached hydrogens (tertiary/aromatic N) is 3. The highest BCUT2D eigenvalue weighted by Crippen LogP contribution is 2.66. The quantitative estimate of drug-likeness (QED) is 0.430. The third-order valence-electron chi connectivity index (χ3n) is 10.3. The Balaban J connectivity index is 1.44. The van der Waals surface area contributed by atoms with Crippen molar-refractivity contribution >= 4 is 32.9 Å². The first-order chi connectivity index (χ1) is 20.8. The molecule has 1 saturated heterocycles. The molecule has 0 bridgehead atoms. The average Bonchev–Trinajstić information content (AvgIpc) is 3.65. The van der Waals surface area contributed by atoms with E-state index in [1.54, 1.807) is 31.1 Å². The van der Waals surface area contributed by atoms with Gasteiger partial charge in [-0.3, -0.25) is 9.59 Å². The maximum absolute atomic E-state index is 14.2. The smallest absolute Gasteiger partial charge is 0.303 e. The number of carbonyl (C=O) groups excluding carboxylic acids is 2. The van der Waals surface area contributed by atoms with Crippen LogP contribution >= 0.6 is 0 Å². The van der Waals surface area contributed by atoms with Crippen molar-refractivity contribution in [2.75, 3.05) is 34.3 Å². The fourth-order valence-electron chi connectivity index (χ4n) is 7.92. The SMILES string of the molecule is COc1ccc2c(c1)C1CC1(C(=O)N1CC(C)(O)C1)Cn1c-2c(C2CCCCC2)c2ccc(C(=O)NS(=O)(=O)N(C)C)cc21. The molecule has 4 aliphatic rings. The maximum atomic E-state index is 14.2. The summed E-state index contributed by atoms with van der Waals surface area (Å²) >= 11 is 0. The van der Waals surface area contributed by atoms with Crippen molar-refractivity contribution in [2.24, 2.45) is 5.41 Å². The minimum Gasteiger partial charge on any atom is -0.497 e. The van der Waals surface area contributed by atoms with Crippen molar-refractivity contribution in [1.82, 2.24) is 18.5 Å². The summed E-state index contributed by atoms with van der Waals surface area (Å²) in [6.07, 6.45) is 6.32. The summed E-state index contributed by atoms with van der Waals surface area (Å²) in [7, 11) is 0.417. The molecule has 0 spiro atoms. The lowest BCUT2D eigenvalue weighted by atomic mass is 9.81. The highest BCUT2D eigenvalue weighted by molar-refractivity contribution is 7.87. The van der Waals surface area contributed by atoms with Crippen molar-refractivity contribution in [3.63, 3.8) is 0 Å². The molecule has 3 heterocycles. The van der Waals surface area contributed by atoms with E-state index in [1.165, 1.54) is 26.1 Å². The van der Waals surface area contributed by atoms with E-state index in [-0.39, 0.29) is 17.4 Å². The van der Waals surface area contributed by atoms with E-state index in [1.807, 2.05) is 12.1 Å². The molecule has 2 unspecified atom stereocenters. The number of aromatic nitrogens is 1. The van der Waals surface area contributed by atoms with Gasteiger partial charge in [0.1, 0.15) is 5.75 Å². The molecule has 2 saturated carbocycles. The Kier molecular flexibility index (Phi) is 6.69. The van der Waals surface area contributed by atoms with Crippen LogP contribution in [0.2, 0.25) is 0 Å². The first-order valence-electron chi connectivity index (χ1n) is 15.5. The maximum Gasteiger partial charge on any atom is 0.303 e. The molecular weight excluding hydrogens is 580 g/mol. The molecule has 3 aromatic rings. The number of likely N-dealkylation sites (tertiary alicyclic amines) is 1. The van der Waals surface area contributed by atoms with Gasteiger partial charge in [-0.15, -0.1) is 0 Å². The van der Waals surface area contributed by atoms with Gasteiger partial charge in [0.2, 0.25) is 5.91 Å². The minimum atomic E-state index is -3.97. The van der Waals surface area contributed by atoms with E-state index in [4.69, 9.17) is 4.74 Å². The number of aliphatic hydroxyl groups is 1. The van der Waals surface area contributed by atoms with Crippen molar-refractivity contribution in [3.8, 4) is 17.0 Å². The van der Waals surface area contributed by atoms with Crippen LogP contribution < -0.4 is 9.46 Å². The number of rotatable bonds is 6. The van der Waals surface area contributed by atoms with Gasteiger partial charge < -0.3 is 19.3 Å². The monoisotopic (exact) mass is 620 g/mol. The zero-order chi connectivity index (χ0) is 31.2. The number of fused-ring (bicyclic) bond motifs is 7. The van der Waals surface area contributed by atoms with Crippen LogP contribution in [0.4, 0.5) is 0 Å². The van der Waals surface area contributed by atoms with Crippen LogP contribution in [0, 0.1) is 5.41 Å². The molecule has 2 amide bonds. The Bertz CT molecular complexity index is 1800. The Morgan fingerprint density at radius 3 is 2.43 bits per heavy atom. The van der Waals surface area contributed by atoms with Crippen LogP contribution in [0.1, 0.15) is 78.8 Å². The fourth-order valence-corrected chi connectivity index (χ4v) is 8.46. The van der Waals surface area contributed by atoms with Gasteiger partial charge in [0, 0.05) is 48.6 Å². The molecule has 3 fully saturated rings. The summed E-state index contributed by atoms with van der Waals surface area (Å²) in [4.78, 5) is 29.2. The van der Waals surface area contributed by atoms with Crippen LogP contribution in [0.3, 0.4) is 0 Å². The van der Waals surface area contributed by atoms with E-state index >= 15 is 0 Å². The molecule has 0 radical (unpaired) electrons. The fraction of sp³-hybridized carbons (Fsp3) is 0.515. The molecule has 2 aliphatic heterocycles. The average molecular weight is 621 g/mol. The standard InChI is InChI=1S/C33H40N4O6S/c1-32(40)17-36(18-32)31(39)33-16-26(33)25-15-22(43-4)11-13-23(25)29-28(20-8-6-5-7-9-20)24-12-10-21(14-27(24)37(29)19-33)30(38)34-44(41,42)35(2)3/h10-15,20,26,40H,5-9,16-19H2,1-4H3,(H,34,38). The number of hydrogen-bond donors (Lipinski definition) is 2. The van der Waals surface area contributed by atoms with Gasteiger partial charge >= 0.3 is 10.2 Å². The van der Waals surface area contributed by atoms with E-state index in [9.17, 15) is 23.1 Å². The number of benzene rings is 2. The first kappa shape index (κ1) is 29.3. The Hall–Kier alpha value is -3.41. The second-order valence-corrected chi connectivity index (χ2v) is 15.5. The van der Waals surface area contributed by atoms with Gasteiger partial charge in [0.05, 0.1) is 36.9 Å². The van der Waals surface area contributed by atoms with Gasteiger partial charge in [-0.1, -0.05) is 25.3 Å². The predicted molar refractivity (Wildman–Crippen MR) is 167 cm³/mol. The third-order valence-corrected chi connectivity index (χ3v) is 11.7. The summed E-state index contributed by atoms with van der Waals surface area (Å²) in [5, 5.41) is 11.5. The molecule has 2 aromatic carbocycles. The number of hydrogen-bond acceptors (Lipinski definition) is 6. The predicted octanol–water partition coefficient (Wildman–Crippen LogP) is 3.98. The van der Waals surface area contributed by atoms with Gasteiger partial charge in [-0.25, -0.2) is 4.72 Å². The highest BCUT2D eigenvalue weighted by atomic mass is 32.2. The van der Waals surface area contributed by atoms with Crippen LogP contribution in [-0.2, 0) is 21.5 Å². The number of amides is 2. The Morgan fingerprint density at radius 2 is 1.77 bits per heavy atom. The number of methoxy groups -OCH3 is 1. The summed E-state index contributed by atoms with van der Waals surface area (Å²) in [5.41, 5.74) is 4.00. The molecule has 234 valence electrons. The molecule has 2 N–H and O–H groups in total. The van der Waals surface area contributed by atoms with Crippen molar-refractivity contribution in [2.45, 2.75) is 69.4 Å². The summed E-state index contributed by atoms with van der Waals surface area (Å²) < 4.78 is 36.0. The highest BCUT2D eigenvalue weighted by Gasteiger charge is 2.65. The molecule has 2 aliphatic carbocycles. The van der Waals surface area contributed by atoms with E-state index in [0.717, 1.165) is 63.5 Å². The van der Waals surface area contributed by atoms with Crippen molar-refractivity contribution in [1.29, 1.82) is 0 Å². The minimum absolute atomic E-state index is 0.00322. The van der Waals surface area contributed by atoms with Crippen LogP contribution in [0.15, 0.2) is 36.4 Å². The molecule has 7 rings (SSSR count). The van der Waals surface area contributed by atoms with E-state index < -0.39 is 27.1 Å². The molecule has 1 aromatic heterocycles.